The van der Waals surface area contributed by atoms with E-state index in [1.165, 1.54) is 6.20 Å². The number of aryl methyl sites for hydroxylation is 1. The molecule has 0 aliphatic heterocycles. The Kier molecular flexibility index (Phi) is 3.55. The fourth-order valence-corrected chi connectivity index (χ4v) is 1.67. The van der Waals surface area contributed by atoms with Crippen LogP contribution in [0.4, 0.5) is 8.78 Å². The van der Waals surface area contributed by atoms with Gasteiger partial charge < -0.3 is 5.11 Å². The molecule has 0 spiro atoms. The van der Waals surface area contributed by atoms with Gasteiger partial charge in [0, 0.05) is 9.77 Å². The largest absolute Gasteiger partial charge is 0.390 e. The van der Waals surface area contributed by atoms with Gasteiger partial charge in [-0.1, -0.05) is 0 Å². The second-order valence-corrected chi connectivity index (χ2v) is 3.65. The number of rotatable bonds is 2. The molecule has 0 amide bonds. The molecule has 1 rings (SSSR count). The van der Waals surface area contributed by atoms with Crippen LogP contribution in [0.5, 0.6) is 0 Å². The molecular weight excluding hydrogens is 291 g/mol. The van der Waals surface area contributed by atoms with Crippen molar-refractivity contribution in [2.45, 2.75) is 20.0 Å². The van der Waals surface area contributed by atoms with E-state index in [1.807, 2.05) is 22.6 Å². The van der Waals surface area contributed by atoms with Gasteiger partial charge in [-0.05, 0) is 35.1 Å². The van der Waals surface area contributed by atoms with E-state index < -0.39 is 13.0 Å². The second-order valence-electron chi connectivity index (χ2n) is 2.57. The molecule has 5 heteroatoms. The van der Waals surface area contributed by atoms with Gasteiger partial charge in [0.25, 0.3) is 6.43 Å². The van der Waals surface area contributed by atoms with Crippen LogP contribution in [0.15, 0.2) is 6.20 Å². The standard InChI is InChI=1S/C8H8F2INO/c1-4-2-12-5(3-13)6(7(4)11)8(9)10/h2,8,13H,3H2,1H3. The number of hydrogen-bond donors (Lipinski definition) is 1. The lowest BCUT2D eigenvalue weighted by Gasteiger charge is -2.09. The zero-order valence-electron chi connectivity index (χ0n) is 6.89. The molecule has 1 N–H and O–H groups in total. The third-order valence-corrected chi connectivity index (χ3v) is 3.11. The highest BCUT2D eigenvalue weighted by Gasteiger charge is 2.18. The molecular formula is C8H8F2INO. The van der Waals surface area contributed by atoms with E-state index in [2.05, 4.69) is 4.98 Å². The van der Waals surface area contributed by atoms with Crippen molar-refractivity contribution in [3.05, 3.63) is 26.6 Å². The molecule has 0 fully saturated rings. The van der Waals surface area contributed by atoms with Gasteiger partial charge in [-0.2, -0.15) is 0 Å². The Morgan fingerprint density at radius 3 is 2.69 bits per heavy atom. The van der Waals surface area contributed by atoms with Crippen molar-refractivity contribution in [1.29, 1.82) is 0 Å². The second kappa shape index (κ2) is 4.28. The summed E-state index contributed by atoms with van der Waals surface area (Å²) >= 11 is 1.84. The predicted molar refractivity (Wildman–Crippen MR) is 52.6 cm³/mol. The van der Waals surface area contributed by atoms with Gasteiger partial charge in [-0.25, -0.2) is 8.78 Å². The van der Waals surface area contributed by atoms with Crippen LogP contribution < -0.4 is 0 Å². The van der Waals surface area contributed by atoms with Gasteiger partial charge in [0.1, 0.15) is 0 Å². The molecule has 0 aromatic carbocycles. The first-order valence-electron chi connectivity index (χ1n) is 3.60. The van der Waals surface area contributed by atoms with Crippen molar-refractivity contribution >= 4 is 22.6 Å². The van der Waals surface area contributed by atoms with Crippen LogP contribution in [0.25, 0.3) is 0 Å². The number of aliphatic hydroxyl groups is 1. The first-order chi connectivity index (χ1) is 6.07. The first kappa shape index (κ1) is 10.8. The van der Waals surface area contributed by atoms with Crippen molar-refractivity contribution < 1.29 is 13.9 Å². The zero-order valence-corrected chi connectivity index (χ0v) is 9.05. The number of alkyl halides is 2. The van der Waals surface area contributed by atoms with Gasteiger partial charge in [0.2, 0.25) is 0 Å². The molecule has 0 saturated heterocycles. The molecule has 0 saturated carbocycles. The smallest absolute Gasteiger partial charge is 0.266 e. The molecule has 0 bridgehead atoms. The van der Waals surface area contributed by atoms with Crippen LogP contribution in [-0.4, -0.2) is 10.1 Å². The normalized spacial score (nSPS) is 10.9. The number of pyridine rings is 1. The quantitative estimate of drug-likeness (QED) is 0.851. The SMILES string of the molecule is Cc1cnc(CO)c(C(F)F)c1I. The third kappa shape index (κ3) is 2.14. The average Bonchev–Trinajstić information content (AvgIpc) is 2.08. The van der Waals surface area contributed by atoms with E-state index in [1.54, 1.807) is 6.92 Å². The Hall–Kier alpha value is -0.300. The minimum atomic E-state index is -2.58. The van der Waals surface area contributed by atoms with Gasteiger partial charge in [-0.3, -0.25) is 4.98 Å². The van der Waals surface area contributed by atoms with E-state index >= 15 is 0 Å². The van der Waals surface area contributed by atoms with Gasteiger partial charge in [-0.15, -0.1) is 0 Å². The van der Waals surface area contributed by atoms with E-state index in [9.17, 15) is 8.78 Å². The Labute approximate surface area is 88.1 Å². The van der Waals surface area contributed by atoms with Crippen molar-refractivity contribution in [3.63, 3.8) is 0 Å². The van der Waals surface area contributed by atoms with Gasteiger partial charge in [0.05, 0.1) is 17.9 Å². The van der Waals surface area contributed by atoms with Crippen LogP contribution >= 0.6 is 22.6 Å². The molecule has 13 heavy (non-hydrogen) atoms. The number of hydrogen-bond acceptors (Lipinski definition) is 2. The van der Waals surface area contributed by atoms with Crippen LogP contribution in [-0.2, 0) is 6.61 Å². The highest BCUT2D eigenvalue weighted by Crippen LogP contribution is 2.28. The number of aromatic nitrogens is 1. The summed E-state index contributed by atoms with van der Waals surface area (Å²) in [5.74, 6) is 0. The topological polar surface area (TPSA) is 33.1 Å². The summed E-state index contributed by atoms with van der Waals surface area (Å²) in [5.41, 5.74) is 0.612. The van der Waals surface area contributed by atoms with Crippen LogP contribution in [0.2, 0.25) is 0 Å². The Morgan fingerprint density at radius 2 is 2.23 bits per heavy atom. The molecule has 0 radical (unpaired) electrons. The average molecular weight is 299 g/mol. The van der Waals surface area contributed by atoms with Crippen molar-refractivity contribution in [2.75, 3.05) is 0 Å². The van der Waals surface area contributed by atoms with Crippen molar-refractivity contribution in [1.82, 2.24) is 4.98 Å². The highest BCUT2D eigenvalue weighted by atomic mass is 127. The minimum absolute atomic E-state index is 0.0602. The molecule has 72 valence electrons. The van der Waals surface area contributed by atoms with Gasteiger partial charge in [0.15, 0.2) is 0 Å². The summed E-state index contributed by atoms with van der Waals surface area (Å²) in [6.07, 6.45) is -1.10. The monoisotopic (exact) mass is 299 g/mol. The lowest BCUT2D eigenvalue weighted by Crippen LogP contribution is -2.03. The Balaban J connectivity index is 3.32. The summed E-state index contributed by atoms with van der Waals surface area (Å²) in [7, 11) is 0. The van der Waals surface area contributed by atoms with E-state index in [4.69, 9.17) is 5.11 Å². The van der Waals surface area contributed by atoms with Crippen LogP contribution in [0.1, 0.15) is 23.2 Å². The lowest BCUT2D eigenvalue weighted by molar-refractivity contribution is 0.145. The van der Waals surface area contributed by atoms with Gasteiger partial charge >= 0.3 is 0 Å². The summed E-state index contributed by atoms with van der Waals surface area (Å²) < 4.78 is 25.5. The molecule has 0 unspecified atom stereocenters. The lowest BCUT2D eigenvalue weighted by atomic mass is 10.1. The van der Waals surface area contributed by atoms with Crippen molar-refractivity contribution in [3.8, 4) is 0 Å². The maximum absolute atomic E-state index is 12.5. The van der Waals surface area contributed by atoms with Crippen LogP contribution in [0.3, 0.4) is 0 Å². The summed E-state index contributed by atoms with van der Waals surface area (Å²) in [6.45, 7) is 1.26. The number of aliphatic hydroxyl groups excluding tert-OH is 1. The summed E-state index contributed by atoms with van der Waals surface area (Å²) in [5, 5.41) is 8.78. The highest BCUT2D eigenvalue weighted by molar-refractivity contribution is 14.1. The molecule has 0 aliphatic rings. The summed E-state index contributed by atoms with van der Waals surface area (Å²) in [6, 6.07) is 0. The minimum Gasteiger partial charge on any atom is -0.390 e. The van der Waals surface area contributed by atoms with Crippen molar-refractivity contribution in [2.24, 2.45) is 0 Å². The van der Waals surface area contributed by atoms with E-state index in [0.717, 1.165) is 0 Å². The molecule has 0 atom stereocenters. The molecule has 1 heterocycles. The first-order valence-corrected chi connectivity index (χ1v) is 4.68. The maximum Gasteiger partial charge on any atom is 0.266 e. The summed E-state index contributed by atoms with van der Waals surface area (Å²) in [4.78, 5) is 3.74. The predicted octanol–water partition coefficient (Wildman–Crippen LogP) is 2.42. The van der Waals surface area contributed by atoms with Crippen LogP contribution in [0, 0.1) is 10.5 Å². The third-order valence-electron chi connectivity index (χ3n) is 1.68. The maximum atomic E-state index is 12.5. The molecule has 1 aromatic heterocycles. The zero-order chi connectivity index (χ0) is 10.0. The fraction of sp³-hybridized carbons (Fsp3) is 0.375. The molecule has 0 aliphatic carbocycles. The molecule has 1 aromatic rings. The Morgan fingerprint density at radius 1 is 1.62 bits per heavy atom. The Bertz CT molecular complexity index is 317. The van der Waals surface area contributed by atoms with E-state index in [0.29, 0.717) is 9.13 Å². The molecule has 2 nitrogen and oxygen atoms in total. The number of halogens is 3. The fourth-order valence-electron chi connectivity index (χ4n) is 0.988. The number of nitrogens with zero attached hydrogens (tertiary/aromatic N) is 1. The van der Waals surface area contributed by atoms with E-state index in [-0.39, 0.29) is 11.3 Å².